The minimum Gasteiger partial charge on any atom is -0.396 e. The number of anilines is 4. The number of nitrogens with two attached hydrogens (primary N) is 3. The highest BCUT2D eigenvalue weighted by molar-refractivity contribution is 7.88. The zero-order valence-electron chi connectivity index (χ0n) is 20.4. The van der Waals surface area contributed by atoms with Crippen molar-refractivity contribution in [2.45, 2.75) is 13.5 Å². The van der Waals surface area contributed by atoms with Crippen molar-refractivity contribution in [3.8, 4) is 11.4 Å². The molecule has 12 nitrogen and oxygen atoms in total. The molecule has 3 aromatic heterocycles. The molecule has 6 N–H and O–H groups in total. The summed E-state index contributed by atoms with van der Waals surface area (Å²) >= 11 is 1.68. The van der Waals surface area contributed by atoms with Crippen LogP contribution < -0.4 is 22.1 Å². The van der Waals surface area contributed by atoms with E-state index in [0.29, 0.717) is 76.1 Å². The molecule has 3 aromatic rings. The number of sulfonamides is 1. The molecule has 36 heavy (non-hydrogen) atoms. The summed E-state index contributed by atoms with van der Waals surface area (Å²) in [5.41, 5.74) is 21.1. The number of aromatic nitrogens is 3. The van der Waals surface area contributed by atoms with Gasteiger partial charge >= 0.3 is 0 Å². The lowest BCUT2D eigenvalue weighted by Crippen LogP contribution is -2.47. The first kappa shape index (κ1) is 24.9. The van der Waals surface area contributed by atoms with E-state index < -0.39 is 10.0 Å². The van der Waals surface area contributed by atoms with Crippen LogP contribution in [0.2, 0.25) is 0 Å². The van der Waals surface area contributed by atoms with E-state index in [1.165, 1.54) is 21.6 Å². The molecule has 5 rings (SSSR count). The van der Waals surface area contributed by atoms with Crippen LogP contribution in [0.25, 0.3) is 21.5 Å². The summed E-state index contributed by atoms with van der Waals surface area (Å²) < 4.78 is 31.9. The van der Waals surface area contributed by atoms with Gasteiger partial charge in [-0.1, -0.05) is 0 Å². The molecule has 0 radical (unpaired) electrons. The van der Waals surface area contributed by atoms with Crippen LogP contribution in [0.5, 0.6) is 0 Å². The largest absolute Gasteiger partial charge is 0.396 e. The van der Waals surface area contributed by atoms with Crippen molar-refractivity contribution >= 4 is 54.6 Å². The summed E-state index contributed by atoms with van der Waals surface area (Å²) in [6, 6.07) is 0. The molecule has 0 amide bonds. The molecule has 2 aliphatic rings. The van der Waals surface area contributed by atoms with Crippen LogP contribution in [0, 0.1) is 6.92 Å². The first-order valence-corrected chi connectivity index (χ1v) is 14.4. The van der Waals surface area contributed by atoms with E-state index >= 15 is 0 Å². The van der Waals surface area contributed by atoms with Crippen molar-refractivity contribution in [3.63, 3.8) is 0 Å². The maximum atomic E-state index is 11.9. The highest BCUT2D eigenvalue weighted by Gasteiger charge is 2.28. The van der Waals surface area contributed by atoms with Crippen LogP contribution in [-0.4, -0.2) is 91.3 Å². The second-order valence-electron chi connectivity index (χ2n) is 9.12. The Balaban J connectivity index is 1.57. The average molecular weight is 534 g/mol. The van der Waals surface area contributed by atoms with Crippen LogP contribution in [0.4, 0.5) is 23.1 Å². The Morgan fingerprint density at radius 1 is 1.03 bits per heavy atom. The fourth-order valence-electron chi connectivity index (χ4n) is 4.72. The van der Waals surface area contributed by atoms with Gasteiger partial charge in [-0.05, 0) is 12.5 Å². The first-order valence-electron chi connectivity index (χ1n) is 11.7. The van der Waals surface area contributed by atoms with E-state index in [1.807, 2.05) is 0 Å². The molecule has 0 unspecified atom stereocenters. The summed E-state index contributed by atoms with van der Waals surface area (Å²) in [5, 5.41) is 0.939. The lowest BCUT2D eigenvalue weighted by Gasteiger charge is -2.33. The molecule has 5 heterocycles. The number of hydrogen-bond donors (Lipinski definition) is 3. The van der Waals surface area contributed by atoms with Crippen molar-refractivity contribution in [2.75, 3.05) is 80.8 Å². The molecule has 0 aliphatic carbocycles. The van der Waals surface area contributed by atoms with E-state index in [2.05, 4.69) is 26.7 Å². The summed E-state index contributed by atoms with van der Waals surface area (Å²) in [4.78, 5) is 19.2. The number of nitrogens with zero attached hydrogens (tertiary/aromatic N) is 6. The van der Waals surface area contributed by atoms with Gasteiger partial charge in [0.05, 0.1) is 36.1 Å². The third kappa shape index (κ3) is 4.66. The van der Waals surface area contributed by atoms with Crippen LogP contribution in [0.3, 0.4) is 0 Å². The Labute approximate surface area is 214 Å². The highest BCUT2D eigenvalue weighted by atomic mass is 32.2. The SMILES string of the molecule is Cc1c(CN2CCN(S(C)(=O)=O)CC2)sc2c(N3CCOCC3)nc(-c3ncc(N)nc3N)c(N)c12. The molecule has 194 valence electrons. The molecule has 14 heteroatoms. The number of piperazine rings is 1. The number of morpholine rings is 1. The number of thiophene rings is 1. The summed E-state index contributed by atoms with van der Waals surface area (Å²) in [6.45, 7) is 7.79. The van der Waals surface area contributed by atoms with Gasteiger partial charge in [0.1, 0.15) is 23.0 Å². The molecule has 0 bridgehead atoms. The molecule has 2 fully saturated rings. The minimum absolute atomic E-state index is 0.179. The maximum Gasteiger partial charge on any atom is 0.211 e. The molecular weight excluding hydrogens is 502 g/mol. The third-order valence-corrected chi connectivity index (χ3v) is 9.29. The molecule has 0 aromatic carbocycles. The molecule has 0 atom stereocenters. The van der Waals surface area contributed by atoms with Gasteiger partial charge in [-0.25, -0.2) is 23.4 Å². The fourth-order valence-corrected chi connectivity index (χ4v) is 6.93. The topological polar surface area (TPSA) is 170 Å². The molecular formula is C22H31N9O3S2. The van der Waals surface area contributed by atoms with Gasteiger partial charge in [0.2, 0.25) is 10.0 Å². The van der Waals surface area contributed by atoms with E-state index in [-0.39, 0.29) is 11.6 Å². The van der Waals surface area contributed by atoms with E-state index in [4.69, 9.17) is 26.9 Å². The van der Waals surface area contributed by atoms with E-state index in [0.717, 1.165) is 21.5 Å². The zero-order chi connectivity index (χ0) is 25.6. The summed E-state index contributed by atoms with van der Waals surface area (Å²) in [7, 11) is -3.17. The fraction of sp³-hybridized carbons (Fsp3) is 0.500. The molecule has 2 saturated heterocycles. The van der Waals surface area contributed by atoms with Crippen molar-refractivity contribution in [2.24, 2.45) is 0 Å². The summed E-state index contributed by atoms with van der Waals surface area (Å²) in [6.07, 6.45) is 2.71. The van der Waals surface area contributed by atoms with Crippen LogP contribution >= 0.6 is 11.3 Å². The highest BCUT2D eigenvalue weighted by Crippen LogP contribution is 2.44. The van der Waals surface area contributed by atoms with Crippen LogP contribution in [-0.2, 0) is 21.3 Å². The van der Waals surface area contributed by atoms with Gasteiger partial charge in [0.25, 0.3) is 0 Å². The Hall–Kier alpha value is -2.78. The molecule has 0 saturated carbocycles. The number of nitrogen functional groups attached to an aromatic ring is 3. The van der Waals surface area contributed by atoms with E-state index in [9.17, 15) is 8.42 Å². The van der Waals surface area contributed by atoms with Gasteiger partial charge in [-0.15, -0.1) is 11.3 Å². The Morgan fingerprint density at radius 3 is 2.36 bits per heavy atom. The zero-order valence-corrected chi connectivity index (χ0v) is 22.0. The van der Waals surface area contributed by atoms with Gasteiger partial charge in [-0.3, -0.25) is 4.90 Å². The van der Waals surface area contributed by atoms with E-state index in [1.54, 1.807) is 11.3 Å². The van der Waals surface area contributed by atoms with Crippen molar-refractivity contribution in [1.82, 2.24) is 24.2 Å². The first-order chi connectivity index (χ1) is 17.1. The third-order valence-electron chi connectivity index (χ3n) is 6.71. The summed E-state index contributed by atoms with van der Waals surface area (Å²) in [5.74, 6) is 1.24. The van der Waals surface area contributed by atoms with Crippen molar-refractivity contribution < 1.29 is 13.2 Å². The van der Waals surface area contributed by atoms with Gasteiger partial charge in [0.15, 0.2) is 5.82 Å². The second kappa shape index (κ2) is 9.59. The minimum atomic E-state index is -3.17. The normalized spacial score (nSPS) is 18.2. The van der Waals surface area contributed by atoms with Crippen molar-refractivity contribution in [3.05, 3.63) is 16.6 Å². The Kier molecular flexibility index (Phi) is 6.63. The lowest BCUT2D eigenvalue weighted by atomic mass is 10.1. The number of pyridine rings is 1. The number of hydrogen-bond acceptors (Lipinski definition) is 12. The predicted octanol–water partition coefficient (Wildman–Crippen LogP) is 0.722. The number of ether oxygens (including phenoxy) is 1. The number of fused-ring (bicyclic) bond motifs is 1. The van der Waals surface area contributed by atoms with Crippen molar-refractivity contribution in [1.29, 1.82) is 0 Å². The Morgan fingerprint density at radius 2 is 1.72 bits per heavy atom. The average Bonchev–Trinajstić information content (AvgIpc) is 3.16. The van der Waals surface area contributed by atoms with Crippen LogP contribution in [0.1, 0.15) is 10.4 Å². The lowest BCUT2D eigenvalue weighted by molar-refractivity contribution is 0.122. The Bertz CT molecular complexity index is 1400. The van der Waals surface area contributed by atoms with Gasteiger partial charge in [0, 0.05) is 56.1 Å². The quantitative estimate of drug-likeness (QED) is 0.422. The number of rotatable bonds is 5. The monoisotopic (exact) mass is 533 g/mol. The maximum absolute atomic E-state index is 11.9. The molecule has 0 spiro atoms. The predicted molar refractivity (Wildman–Crippen MR) is 143 cm³/mol. The second-order valence-corrected chi connectivity index (χ2v) is 12.2. The van der Waals surface area contributed by atoms with Gasteiger partial charge < -0.3 is 26.8 Å². The smallest absolute Gasteiger partial charge is 0.211 e. The van der Waals surface area contributed by atoms with Crippen LogP contribution in [0.15, 0.2) is 6.20 Å². The van der Waals surface area contributed by atoms with Gasteiger partial charge in [-0.2, -0.15) is 4.31 Å². The molecule has 2 aliphatic heterocycles. The standard InChI is InChI=1S/C22H31N9O3S2/c1-13-14(12-29-3-5-31(6-4-29)36(2,32)33)35-20-16(13)17(24)18(19-21(25)27-15(23)11-26-19)28-22(20)30-7-9-34-10-8-30/h11H,3-10,12,24H2,1-2H3,(H4,23,25,27). The number of aryl methyl sites for hydroxylation is 1.